The molecule has 5 heteroatoms. The standard InChI is InChI=1S/C14H23N3O2/c1-11(2)17-10-15-7-13(17)8-16(9-14(18)19)12-5-3-4-6-12/h7,10-12H,3-6,8-9H2,1-2H3,(H,18,19). The monoisotopic (exact) mass is 265 g/mol. The number of carboxylic acids is 1. The molecule has 0 saturated heterocycles. The molecule has 1 saturated carbocycles. The van der Waals surface area contributed by atoms with Gasteiger partial charge in [0, 0.05) is 24.8 Å². The maximum Gasteiger partial charge on any atom is 0.317 e. The van der Waals surface area contributed by atoms with E-state index < -0.39 is 5.97 Å². The number of carboxylic acid groups (broad SMARTS) is 1. The fourth-order valence-electron chi connectivity index (χ4n) is 2.88. The number of hydrogen-bond donors (Lipinski definition) is 1. The third-order valence-corrected chi connectivity index (χ3v) is 3.85. The number of aromatic nitrogens is 2. The summed E-state index contributed by atoms with van der Waals surface area (Å²) in [7, 11) is 0. The Hall–Kier alpha value is -1.36. The Kier molecular flexibility index (Phi) is 4.58. The van der Waals surface area contributed by atoms with Crippen LogP contribution in [0.25, 0.3) is 0 Å². The smallest absolute Gasteiger partial charge is 0.317 e. The third-order valence-electron chi connectivity index (χ3n) is 3.85. The molecular weight excluding hydrogens is 242 g/mol. The quantitative estimate of drug-likeness (QED) is 0.857. The Morgan fingerprint density at radius 2 is 2.21 bits per heavy atom. The van der Waals surface area contributed by atoms with E-state index in [9.17, 15) is 4.79 Å². The van der Waals surface area contributed by atoms with Crippen LogP contribution in [0, 0.1) is 0 Å². The van der Waals surface area contributed by atoms with Crippen molar-refractivity contribution >= 4 is 5.97 Å². The van der Waals surface area contributed by atoms with E-state index in [1.807, 2.05) is 12.5 Å². The van der Waals surface area contributed by atoms with Gasteiger partial charge in [-0.15, -0.1) is 0 Å². The van der Waals surface area contributed by atoms with Crippen LogP contribution in [0.1, 0.15) is 51.3 Å². The molecule has 1 aliphatic rings. The minimum atomic E-state index is -0.748. The molecule has 0 unspecified atom stereocenters. The van der Waals surface area contributed by atoms with Crippen molar-refractivity contribution in [2.75, 3.05) is 6.54 Å². The number of carbonyl (C=O) groups is 1. The maximum absolute atomic E-state index is 11.0. The van der Waals surface area contributed by atoms with E-state index >= 15 is 0 Å². The Bertz CT molecular complexity index is 422. The average molecular weight is 265 g/mol. The van der Waals surface area contributed by atoms with Gasteiger partial charge >= 0.3 is 5.97 Å². The van der Waals surface area contributed by atoms with Crippen molar-refractivity contribution in [3.05, 3.63) is 18.2 Å². The SMILES string of the molecule is CC(C)n1cncc1CN(CC(=O)O)C1CCCC1. The molecule has 0 radical (unpaired) electrons. The highest BCUT2D eigenvalue weighted by Crippen LogP contribution is 2.25. The van der Waals surface area contributed by atoms with E-state index in [0.717, 1.165) is 18.5 Å². The number of rotatable bonds is 6. The Morgan fingerprint density at radius 1 is 1.53 bits per heavy atom. The molecule has 19 heavy (non-hydrogen) atoms. The van der Waals surface area contributed by atoms with E-state index in [0.29, 0.717) is 18.6 Å². The fourth-order valence-corrected chi connectivity index (χ4v) is 2.88. The summed E-state index contributed by atoms with van der Waals surface area (Å²) >= 11 is 0. The van der Waals surface area contributed by atoms with E-state index in [1.54, 1.807) is 0 Å². The number of aliphatic carboxylic acids is 1. The Balaban J connectivity index is 2.10. The first-order valence-corrected chi connectivity index (χ1v) is 7.04. The van der Waals surface area contributed by atoms with Gasteiger partial charge in [0.2, 0.25) is 0 Å². The lowest BCUT2D eigenvalue weighted by molar-refractivity contribution is -0.139. The Labute approximate surface area is 114 Å². The van der Waals surface area contributed by atoms with Crippen molar-refractivity contribution in [3.63, 3.8) is 0 Å². The van der Waals surface area contributed by atoms with Crippen LogP contribution in [0.3, 0.4) is 0 Å². The average Bonchev–Trinajstić information content (AvgIpc) is 2.98. The lowest BCUT2D eigenvalue weighted by atomic mass is 10.2. The lowest BCUT2D eigenvalue weighted by Gasteiger charge is -2.27. The molecule has 1 aromatic rings. The number of hydrogen-bond acceptors (Lipinski definition) is 3. The van der Waals surface area contributed by atoms with Crippen LogP contribution in [0.15, 0.2) is 12.5 Å². The molecule has 1 aliphatic carbocycles. The first-order valence-electron chi connectivity index (χ1n) is 7.04. The molecule has 0 aromatic carbocycles. The summed E-state index contributed by atoms with van der Waals surface area (Å²) < 4.78 is 2.11. The van der Waals surface area contributed by atoms with Crippen molar-refractivity contribution in [1.82, 2.24) is 14.5 Å². The van der Waals surface area contributed by atoms with Gasteiger partial charge in [-0.2, -0.15) is 0 Å². The zero-order valence-corrected chi connectivity index (χ0v) is 11.7. The summed E-state index contributed by atoms with van der Waals surface area (Å²) in [4.78, 5) is 17.3. The van der Waals surface area contributed by atoms with Crippen LogP contribution in [0.2, 0.25) is 0 Å². The van der Waals surface area contributed by atoms with E-state index in [2.05, 4.69) is 28.3 Å². The van der Waals surface area contributed by atoms with Gasteiger partial charge in [-0.3, -0.25) is 9.69 Å². The van der Waals surface area contributed by atoms with E-state index in [1.165, 1.54) is 12.8 Å². The van der Waals surface area contributed by atoms with E-state index in [-0.39, 0.29) is 6.54 Å². The maximum atomic E-state index is 11.0. The van der Waals surface area contributed by atoms with Gasteiger partial charge in [0.1, 0.15) is 0 Å². The minimum Gasteiger partial charge on any atom is -0.480 e. The van der Waals surface area contributed by atoms with Crippen molar-refractivity contribution in [3.8, 4) is 0 Å². The highest BCUT2D eigenvalue weighted by atomic mass is 16.4. The first-order chi connectivity index (χ1) is 9.08. The van der Waals surface area contributed by atoms with Gasteiger partial charge in [-0.25, -0.2) is 4.98 Å². The molecule has 106 valence electrons. The van der Waals surface area contributed by atoms with Gasteiger partial charge in [-0.1, -0.05) is 12.8 Å². The molecule has 1 heterocycles. The van der Waals surface area contributed by atoms with Crippen molar-refractivity contribution < 1.29 is 9.90 Å². The topological polar surface area (TPSA) is 58.4 Å². The van der Waals surface area contributed by atoms with Gasteiger partial charge < -0.3 is 9.67 Å². The molecule has 0 atom stereocenters. The molecule has 0 bridgehead atoms. The minimum absolute atomic E-state index is 0.119. The summed E-state index contributed by atoms with van der Waals surface area (Å²) in [5, 5.41) is 9.09. The second-order valence-electron chi connectivity index (χ2n) is 5.62. The second-order valence-corrected chi connectivity index (χ2v) is 5.62. The molecule has 1 N–H and O–H groups in total. The summed E-state index contributed by atoms with van der Waals surface area (Å²) in [6.45, 7) is 5.02. The summed E-state index contributed by atoms with van der Waals surface area (Å²) in [5.41, 5.74) is 1.10. The number of imidazole rings is 1. The largest absolute Gasteiger partial charge is 0.480 e. The van der Waals surface area contributed by atoms with E-state index in [4.69, 9.17) is 5.11 Å². The van der Waals surface area contributed by atoms with Gasteiger partial charge in [0.25, 0.3) is 0 Å². The van der Waals surface area contributed by atoms with Crippen molar-refractivity contribution in [1.29, 1.82) is 0 Å². The van der Waals surface area contributed by atoms with Crippen LogP contribution in [-0.4, -0.2) is 38.1 Å². The highest BCUT2D eigenvalue weighted by Gasteiger charge is 2.25. The fraction of sp³-hybridized carbons (Fsp3) is 0.714. The van der Waals surface area contributed by atoms with Gasteiger partial charge in [-0.05, 0) is 26.7 Å². The molecule has 2 rings (SSSR count). The molecule has 0 amide bonds. The highest BCUT2D eigenvalue weighted by molar-refractivity contribution is 5.69. The molecule has 0 spiro atoms. The predicted octanol–water partition coefficient (Wildman–Crippen LogP) is 2.29. The lowest BCUT2D eigenvalue weighted by Crippen LogP contribution is -2.37. The van der Waals surface area contributed by atoms with Crippen LogP contribution < -0.4 is 0 Å². The van der Waals surface area contributed by atoms with Crippen molar-refractivity contribution in [2.24, 2.45) is 0 Å². The summed E-state index contributed by atoms with van der Waals surface area (Å²) in [6, 6.07) is 0.763. The third kappa shape index (κ3) is 3.56. The molecule has 1 fully saturated rings. The zero-order valence-electron chi connectivity index (χ0n) is 11.7. The van der Waals surface area contributed by atoms with Gasteiger partial charge in [0.05, 0.1) is 18.6 Å². The molecular formula is C14H23N3O2. The van der Waals surface area contributed by atoms with Crippen LogP contribution >= 0.6 is 0 Å². The van der Waals surface area contributed by atoms with Crippen molar-refractivity contribution in [2.45, 2.75) is 58.2 Å². The van der Waals surface area contributed by atoms with Gasteiger partial charge in [0.15, 0.2) is 0 Å². The van der Waals surface area contributed by atoms with Crippen LogP contribution in [-0.2, 0) is 11.3 Å². The van der Waals surface area contributed by atoms with Crippen LogP contribution in [0.4, 0.5) is 0 Å². The number of nitrogens with zero attached hydrogens (tertiary/aromatic N) is 3. The zero-order chi connectivity index (χ0) is 13.8. The second kappa shape index (κ2) is 6.19. The molecule has 5 nitrogen and oxygen atoms in total. The Morgan fingerprint density at radius 3 is 2.79 bits per heavy atom. The first kappa shape index (κ1) is 14.1. The predicted molar refractivity (Wildman–Crippen MR) is 72.9 cm³/mol. The normalized spacial score (nSPS) is 16.6. The van der Waals surface area contributed by atoms with Crippen LogP contribution in [0.5, 0.6) is 0 Å². The molecule has 1 aromatic heterocycles. The molecule has 0 aliphatic heterocycles. The summed E-state index contributed by atoms with van der Waals surface area (Å²) in [6.07, 6.45) is 8.33. The summed E-state index contributed by atoms with van der Waals surface area (Å²) in [5.74, 6) is -0.748.